The molecule has 0 aliphatic carbocycles. The molecule has 0 N–H and O–H groups in total. The molecule has 0 amide bonds. The van der Waals surface area contributed by atoms with Gasteiger partial charge in [0.05, 0.1) is 117 Å². The van der Waals surface area contributed by atoms with E-state index in [9.17, 15) is 42.0 Å². The van der Waals surface area contributed by atoms with Crippen molar-refractivity contribution in [3.63, 3.8) is 0 Å². The molecule has 0 saturated heterocycles. The molecule has 18 aromatic rings. The zero-order chi connectivity index (χ0) is 75.5. The molecule has 0 aliphatic rings. The van der Waals surface area contributed by atoms with Gasteiger partial charge in [0.15, 0.2) is 0 Å². The van der Waals surface area contributed by atoms with E-state index in [1.807, 2.05) is 60.7 Å². The summed E-state index contributed by atoms with van der Waals surface area (Å²) in [7, 11) is 0. The van der Waals surface area contributed by atoms with Crippen LogP contribution in [-0.4, -0.2) is 18.3 Å². The second-order valence-corrected chi connectivity index (χ2v) is 19.9. The van der Waals surface area contributed by atoms with Crippen LogP contribution in [0.25, 0.3) is 169 Å². The van der Waals surface area contributed by atoms with Crippen LogP contribution >= 0.6 is 0 Å². The molecular formula is C76H42N6O. The molecule has 7 heteroatoms. The van der Waals surface area contributed by atoms with Crippen molar-refractivity contribution in [3.8, 4) is 39.9 Å². The summed E-state index contributed by atoms with van der Waals surface area (Å²) in [5, 5.41) is 14.5. The predicted molar refractivity (Wildman–Crippen MR) is 343 cm³/mol. The molecule has 0 saturated carbocycles. The van der Waals surface area contributed by atoms with Crippen LogP contribution in [0.1, 0.15) is 38.5 Å². The number of hydrogen-bond acceptors (Lipinski definition) is 2. The molecule has 5 heterocycles. The fraction of sp³-hybridized carbons (Fsp3) is 0. The number of nitriles is 1. The maximum Gasteiger partial charge on any atom is 0.237 e. The first-order valence-corrected chi connectivity index (χ1v) is 26.0. The third-order valence-corrected chi connectivity index (χ3v) is 15.9. The van der Waals surface area contributed by atoms with Crippen LogP contribution in [0.3, 0.4) is 0 Å². The molecule has 83 heavy (non-hydrogen) atoms. The van der Waals surface area contributed by atoms with E-state index >= 15 is 0 Å². The van der Waals surface area contributed by atoms with E-state index < -0.39 is 244 Å². The van der Waals surface area contributed by atoms with Crippen LogP contribution in [0.15, 0.2) is 259 Å². The number of benzene rings is 13. The number of hydrogen-bond donors (Lipinski definition) is 0. The molecule has 5 aromatic heterocycles. The van der Waals surface area contributed by atoms with Gasteiger partial charge in [-0.05, 0) is 99.3 Å². The van der Waals surface area contributed by atoms with Gasteiger partial charge < -0.3 is 22.7 Å². The van der Waals surface area contributed by atoms with Crippen LogP contribution in [-0.2, 0) is 0 Å². The molecule has 0 bridgehead atoms. The Morgan fingerprint density at radius 2 is 0.855 bits per heavy atom. The van der Waals surface area contributed by atoms with Gasteiger partial charge >= 0.3 is 0 Å². The molecule has 0 aliphatic heterocycles. The predicted octanol–water partition coefficient (Wildman–Crippen LogP) is 20.4. The fourth-order valence-corrected chi connectivity index (χ4v) is 12.7. The van der Waals surface area contributed by atoms with Crippen LogP contribution in [0.2, 0.25) is 0 Å². The highest BCUT2D eigenvalue weighted by Crippen LogP contribution is 2.53. The molecule has 7 nitrogen and oxygen atoms in total. The number of rotatable bonds is 5. The van der Waals surface area contributed by atoms with E-state index in [0.717, 1.165) is 35.2 Å². The Hall–Kier alpha value is -11.6. The lowest BCUT2D eigenvalue weighted by Crippen LogP contribution is -2.14. The second-order valence-electron chi connectivity index (χ2n) is 19.9. The summed E-state index contributed by atoms with van der Waals surface area (Å²) < 4.78 is 242. The summed E-state index contributed by atoms with van der Waals surface area (Å²) in [5.74, 6) is 0. The molecule has 0 atom stereocenters. The van der Waals surface area contributed by atoms with E-state index in [0.29, 0.717) is 38.3 Å². The van der Waals surface area contributed by atoms with E-state index in [-0.39, 0.29) is 16.6 Å². The Bertz CT molecular complexity index is 7050. The average molecular weight is 1080 g/mol. The van der Waals surface area contributed by atoms with Crippen molar-refractivity contribution in [2.45, 2.75) is 0 Å². The third-order valence-electron chi connectivity index (χ3n) is 15.9. The minimum Gasteiger partial charge on any atom is -0.456 e. The van der Waals surface area contributed by atoms with E-state index in [2.05, 4.69) is 10.9 Å². The van der Waals surface area contributed by atoms with Gasteiger partial charge in [-0.3, -0.25) is 0 Å². The molecular weight excluding hydrogens is 1010 g/mol. The topological polar surface area (TPSA) is 61.0 Å². The average Bonchev–Trinajstić information content (AvgIpc) is 1.52. The Kier molecular flexibility index (Phi) is 5.71. The standard InChI is InChI=1S/C76H42N6O/c1-78-71-73(79-61-31-13-6-24-50(61)51-25-7-14-32-62(51)79)60(44-77)74(80-63-33-15-8-26-52(63)53-27-9-16-34-64(53)80)76(75(71)81-65-35-17-10-28-54(65)55-29-11-18-36-66(55)81)82-67-43-46(59-42-45-20-2-3-21-47(45)48-22-4-5-23-49(48)59)38-39-56(67)57-40-41-69-70(72(57)82)58-30-12-19-37-68(58)83-69/h2-43H/i6D,7D,8D,9D,10D,11D,13D,14D,15D,16D,17D,18D,24D,25D,26D,27D,28D,29D,31D,32D,33D,34D,35D,36D. The summed E-state index contributed by atoms with van der Waals surface area (Å²) in [5.41, 5.74) is -7.09. The summed E-state index contributed by atoms with van der Waals surface area (Å²) in [6.07, 6.45) is 0. The van der Waals surface area contributed by atoms with Gasteiger partial charge in [-0.25, -0.2) is 4.85 Å². The first kappa shape index (κ1) is 28.0. The van der Waals surface area contributed by atoms with Gasteiger partial charge in [0.1, 0.15) is 17.2 Å². The van der Waals surface area contributed by atoms with E-state index in [4.69, 9.17) is 7.16 Å². The summed E-state index contributed by atoms with van der Waals surface area (Å²) in [4.78, 5) is 4.31. The molecule has 0 unspecified atom stereocenters. The molecule has 0 fully saturated rings. The van der Waals surface area contributed by atoms with Crippen molar-refractivity contribution in [1.82, 2.24) is 18.3 Å². The number of para-hydroxylation sites is 7. The largest absolute Gasteiger partial charge is 0.456 e. The maximum atomic E-state index is 13.1. The lowest BCUT2D eigenvalue weighted by Gasteiger charge is -2.27. The quantitative estimate of drug-likeness (QED) is 0.127. The number of fused-ring (bicyclic) bond motifs is 19. The van der Waals surface area contributed by atoms with Gasteiger partial charge in [-0.2, -0.15) is 5.26 Å². The van der Waals surface area contributed by atoms with Crippen molar-refractivity contribution in [2.24, 2.45) is 0 Å². The van der Waals surface area contributed by atoms with Crippen LogP contribution in [0.5, 0.6) is 0 Å². The van der Waals surface area contributed by atoms with Crippen LogP contribution in [0.4, 0.5) is 5.69 Å². The first-order chi connectivity index (χ1) is 51.1. The van der Waals surface area contributed by atoms with Crippen molar-refractivity contribution >= 4 is 136 Å². The number of aromatic nitrogens is 4. The molecule has 0 radical (unpaired) electrons. The zero-order valence-corrected chi connectivity index (χ0v) is 42.5. The van der Waals surface area contributed by atoms with Crippen molar-refractivity contribution in [3.05, 3.63) is 271 Å². The maximum absolute atomic E-state index is 13.1. The smallest absolute Gasteiger partial charge is 0.237 e. The summed E-state index contributed by atoms with van der Waals surface area (Å²) in [6, 6.07) is 13.2. The highest BCUT2D eigenvalue weighted by atomic mass is 16.3. The Morgan fingerprint density at radius 1 is 0.386 bits per heavy atom. The lowest BCUT2D eigenvalue weighted by atomic mass is 9.93. The molecule has 13 aromatic carbocycles. The van der Waals surface area contributed by atoms with Crippen LogP contribution in [0, 0.1) is 17.9 Å². The van der Waals surface area contributed by atoms with Gasteiger partial charge in [0.25, 0.3) is 0 Å². The highest BCUT2D eigenvalue weighted by Gasteiger charge is 2.35. The van der Waals surface area contributed by atoms with Crippen LogP contribution < -0.4 is 0 Å². The van der Waals surface area contributed by atoms with Gasteiger partial charge in [-0.15, -0.1) is 0 Å². The van der Waals surface area contributed by atoms with E-state index in [1.165, 1.54) is 0 Å². The van der Waals surface area contributed by atoms with Gasteiger partial charge in [-0.1, -0.05) is 188 Å². The normalized spacial score (nSPS) is 16.1. The number of nitrogens with zero attached hydrogens (tertiary/aromatic N) is 6. The van der Waals surface area contributed by atoms with Gasteiger partial charge in [0, 0.05) is 48.5 Å². The third kappa shape index (κ3) is 6.04. The summed E-state index contributed by atoms with van der Waals surface area (Å²) >= 11 is 0. The van der Waals surface area contributed by atoms with E-state index in [1.54, 1.807) is 53.1 Å². The number of furan rings is 1. The fourth-order valence-electron chi connectivity index (χ4n) is 12.7. The minimum absolute atomic E-state index is 0.118. The van der Waals surface area contributed by atoms with Crippen molar-refractivity contribution in [1.29, 1.82) is 5.26 Å². The van der Waals surface area contributed by atoms with Crippen molar-refractivity contribution < 1.29 is 37.3 Å². The second kappa shape index (κ2) is 16.9. The first-order valence-electron chi connectivity index (χ1n) is 38.0. The monoisotopic (exact) mass is 1080 g/mol. The Morgan fingerprint density at radius 3 is 1.41 bits per heavy atom. The van der Waals surface area contributed by atoms with Gasteiger partial charge in [0.2, 0.25) is 5.69 Å². The molecule has 382 valence electrons. The zero-order valence-electron chi connectivity index (χ0n) is 66.5. The Balaban J connectivity index is 1.26. The van der Waals surface area contributed by atoms with Crippen molar-refractivity contribution in [2.75, 3.05) is 0 Å². The lowest BCUT2D eigenvalue weighted by molar-refractivity contribution is 0.669. The summed E-state index contributed by atoms with van der Waals surface area (Å²) in [6.45, 7) is 10.1. The molecule has 0 spiro atoms. The Labute approximate surface area is 507 Å². The SMILES string of the molecule is [2H]c1c([2H])c([2H])c2c(c1[2H])c1c([2H])c([2H])c([2H])c([2H])c1n2-c1c(C#N)c(-n2c3c([2H])c([2H])c([2H])c([2H])c3c3c([2H])c([2H])c([2H])c([2H])c32)c(-n2c3cc(-c4cc5ccccc5c5ccccc45)ccc3c3ccc4oc5ccccc5c4c32)c(-n2c3c([2H])c([2H])c([2H])c([2H])c3c3c([2H])c([2H])c([2H])c([2H])c32)c1[N+]#[C-]. The minimum atomic E-state index is -0.970. The molecule has 18 rings (SSSR count). The highest BCUT2D eigenvalue weighted by molar-refractivity contribution is 6.26.